The van der Waals surface area contributed by atoms with Crippen LogP contribution in [0.4, 0.5) is 0 Å². The monoisotopic (exact) mass is 338 g/mol. The van der Waals surface area contributed by atoms with Crippen LogP contribution in [-0.4, -0.2) is 39.0 Å². The Morgan fingerprint density at radius 1 is 1.25 bits per heavy atom. The number of halogens is 2. The SMILES string of the molecule is NCc1c(Cl)ccc(S(=O)(=O)N2CCCOCC2)c1Cl. The van der Waals surface area contributed by atoms with E-state index < -0.39 is 10.0 Å². The highest BCUT2D eigenvalue weighted by Gasteiger charge is 2.28. The van der Waals surface area contributed by atoms with Crippen molar-refractivity contribution in [2.75, 3.05) is 26.3 Å². The van der Waals surface area contributed by atoms with E-state index in [0.29, 0.717) is 43.3 Å². The summed E-state index contributed by atoms with van der Waals surface area (Å²) in [6.07, 6.45) is 0.661. The van der Waals surface area contributed by atoms with Crippen LogP contribution in [0.2, 0.25) is 10.0 Å². The highest BCUT2D eigenvalue weighted by molar-refractivity contribution is 7.89. The number of hydrogen-bond donors (Lipinski definition) is 1. The largest absolute Gasteiger partial charge is 0.380 e. The van der Waals surface area contributed by atoms with Crippen LogP contribution in [0.3, 0.4) is 0 Å². The molecule has 0 saturated carbocycles. The third-order valence-electron chi connectivity index (χ3n) is 3.15. The van der Waals surface area contributed by atoms with Gasteiger partial charge in [0.2, 0.25) is 10.0 Å². The minimum atomic E-state index is -3.66. The summed E-state index contributed by atoms with van der Waals surface area (Å²) < 4.78 is 31.9. The number of hydrogen-bond acceptors (Lipinski definition) is 4. The van der Waals surface area contributed by atoms with Crippen molar-refractivity contribution in [1.29, 1.82) is 0 Å². The van der Waals surface area contributed by atoms with Gasteiger partial charge in [-0.15, -0.1) is 0 Å². The van der Waals surface area contributed by atoms with Crippen molar-refractivity contribution < 1.29 is 13.2 Å². The van der Waals surface area contributed by atoms with Crippen LogP contribution in [0.1, 0.15) is 12.0 Å². The zero-order valence-electron chi connectivity index (χ0n) is 10.8. The standard InChI is InChI=1S/C12H16Cl2N2O3S/c13-10-2-3-11(12(14)9(10)8-15)20(17,18)16-4-1-6-19-7-5-16/h2-3H,1,4-8,15H2. The number of rotatable bonds is 3. The molecule has 1 aromatic carbocycles. The van der Waals surface area contributed by atoms with Gasteiger partial charge in [0, 0.05) is 36.8 Å². The summed E-state index contributed by atoms with van der Waals surface area (Å²) in [5.74, 6) is 0. The Morgan fingerprint density at radius 2 is 2.00 bits per heavy atom. The Morgan fingerprint density at radius 3 is 2.70 bits per heavy atom. The summed E-state index contributed by atoms with van der Waals surface area (Å²) in [6, 6.07) is 2.93. The lowest BCUT2D eigenvalue weighted by atomic mass is 10.2. The molecule has 2 N–H and O–H groups in total. The van der Waals surface area contributed by atoms with Crippen molar-refractivity contribution >= 4 is 33.2 Å². The predicted octanol–water partition coefficient (Wildman–Crippen LogP) is 1.86. The van der Waals surface area contributed by atoms with Gasteiger partial charge in [-0.3, -0.25) is 0 Å². The second kappa shape index (κ2) is 6.60. The smallest absolute Gasteiger partial charge is 0.244 e. The summed E-state index contributed by atoms with van der Waals surface area (Å²) in [5.41, 5.74) is 6.01. The Kier molecular flexibility index (Phi) is 5.28. The molecule has 1 aliphatic rings. The highest BCUT2D eigenvalue weighted by Crippen LogP contribution is 2.32. The van der Waals surface area contributed by atoms with E-state index in [0.717, 1.165) is 0 Å². The highest BCUT2D eigenvalue weighted by atomic mass is 35.5. The summed E-state index contributed by atoms with van der Waals surface area (Å²) in [6.45, 7) is 1.77. The van der Waals surface area contributed by atoms with Crippen LogP contribution in [-0.2, 0) is 21.3 Å². The van der Waals surface area contributed by atoms with E-state index in [9.17, 15) is 8.42 Å². The van der Waals surface area contributed by atoms with Crippen molar-refractivity contribution in [2.45, 2.75) is 17.9 Å². The number of ether oxygens (including phenoxy) is 1. The van der Waals surface area contributed by atoms with Crippen LogP contribution in [0.15, 0.2) is 17.0 Å². The molecule has 1 fully saturated rings. The van der Waals surface area contributed by atoms with E-state index >= 15 is 0 Å². The van der Waals surface area contributed by atoms with Crippen LogP contribution in [0.5, 0.6) is 0 Å². The van der Waals surface area contributed by atoms with Gasteiger partial charge in [0.15, 0.2) is 0 Å². The molecule has 1 aliphatic heterocycles. The number of nitrogens with zero attached hydrogens (tertiary/aromatic N) is 1. The lowest BCUT2D eigenvalue weighted by Crippen LogP contribution is -2.33. The maximum absolute atomic E-state index is 12.6. The minimum Gasteiger partial charge on any atom is -0.380 e. The quantitative estimate of drug-likeness (QED) is 0.912. The molecule has 5 nitrogen and oxygen atoms in total. The Bertz CT molecular complexity index is 585. The first-order valence-corrected chi connectivity index (χ1v) is 8.43. The Labute approximate surface area is 128 Å². The van der Waals surface area contributed by atoms with E-state index in [1.54, 1.807) is 0 Å². The van der Waals surface area contributed by atoms with Gasteiger partial charge in [0.1, 0.15) is 4.90 Å². The van der Waals surface area contributed by atoms with Gasteiger partial charge in [-0.25, -0.2) is 8.42 Å². The zero-order valence-corrected chi connectivity index (χ0v) is 13.1. The molecule has 0 amide bonds. The van der Waals surface area contributed by atoms with Gasteiger partial charge in [-0.05, 0) is 18.6 Å². The van der Waals surface area contributed by atoms with Gasteiger partial charge < -0.3 is 10.5 Å². The fraction of sp³-hybridized carbons (Fsp3) is 0.500. The van der Waals surface area contributed by atoms with Crippen LogP contribution < -0.4 is 5.73 Å². The molecule has 1 aromatic rings. The molecule has 0 unspecified atom stereocenters. The van der Waals surface area contributed by atoms with E-state index in [4.69, 9.17) is 33.7 Å². The van der Waals surface area contributed by atoms with Gasteiger partial charge in [0.25, 0.3) is 0 Å². The molecule has 1 heterocycles. The van der Waals surface area contributed by atoms with Crippen LogP contribution >= 0.6 is 23.2 Å². The predicted molar refractivity (Wildman–Crippen MR) is 78.5 cm³/mol. The molecule has 0 bridgehead atoms. The van der Waals surface area contributed by atoms with Crippen molar-refractivity contribution in [3.63, 3.8) is 0 Å². The first-order chi connectivity index (χ1) is 9.48. The Balaban J connectivity index is 2.43. The molecular weight excluding hydrogens is 323 g/mol. The summed E-state index contributed by atoms with van der Waals surface area (Å²) in [4.78, 5) is 0.0471. The van der Waals surface area contributed by atoms with Crippen molar-refractivity contribution in [2.24, 2.45) is 5.73 Å². The number of benzene rings is 1. The van der Waals surface area contributed by atoms with Gasteiger partial charge in [-0.2, -0.15) is 4.31 Å². The molecule has 2 rings (SSSR count). The van der Waals surface area contributed by atoms with Crippen molar-refractivity contribution in [3.8, 4) is 0 Å². The maximum atomic E-state index is 12.6. The fourth-order valence-electron chi connectivity index (χ4n) is 2.07. The molecule has 0 spiro atoms. The molecule has 8 heteroatoms. The summed E-state index contributed by atoms with van der Waals surface area (Å²) in [7, 11) is -3.66. The second-order valence-corrected chi connectivity index (χ2v) is 7.10. The molecule has 0 aliphatic carbocycles. The summed E-state index contributed by atoms with van der Waals surface area (Å²) >= 11 is 12.1. The van der Waals surface area contributed by atoms with Crippen molar-refractivity contribution in [1.82, 2.24) is 4.31 Å². The fourth-order valence-corrected chi connectivity index (χ4v) is 4.43. The van der Waals surface area contributed by atoms with Gasteiger partial charge in [-0.1, -0.05) is 23.2 Å². The average molecular weight is 339 g/mol. The average Bonchev–Trinajstić information content (AvgIpc) is 2.68. The first kappa shape index (κ1) is 16.0. The number of nitrogens with two attached hydrogens (primary N) is 1. The maximum Gasteiger partial charge on any atom is 0.244 e. The van der Waals surface area contributed by atoms with Crippen LogP contribution in [0, 0.1) is 0 Å². The van der Waals surface area contributed by atoms with E-state index in [1.807, 2.05) is 0 Å². The third-order valence-corrected chi connectivity index (χ3v) is 5.99. The first-order valence-electron chi connectivity index (χ1n) is 6.23. The molecule has 112 valence electrons. The normalized spacial score (nSPS) is 17.9. The number of sulfonamides is 1. The third kappa shape index (κ3) is 3.10. The van der Waals surface area contributed by atoms with Crippen LogP contribution in [0.25, 0.3) is 0 Å². The topological polar surface area (TPSA) is 72.6 Å². The lowest BCUT2D eigenvalue weighted by Gasteiger charge is -2.21. The zero-order chi connectivity index (χ0) is 14.8. The Hall–Kier alpha value is -0.370. The van der Waals surface area contributed by atoms with E-state index in [2.05, 4.69) is 0 Å². The second-order valence-electron chi connectivity index (χ2n) is 4.41. The van der Waals surface area contributed by atoms with E-state index in [-0.39, 0.29) is 16.5 Å². The molecule has 1 saturated heterocycles. The molecule has 0 aromatic heterocycles. The summed E-state index contributed by atoms with van der Waals surface area (Å²) in [5, 5.41) is 0.473. The van der Waals surface area contributed by atoms with Gasteiger partial charge in [0.05, 0.1) is 11.6 Å². The molecule has 0 atom stereocenters. The molecule has 20 heavy (non-hydrogen) atoms. The van der Waals surface area contributed by atoms with E-state index in [1.165, 1.54) is 16.4 Å². The van der Waals surface area contributed by atoms with Crippen molar-refractivity contribution in [3.05, 3.63) is 27.7 Å². The molecule has 0 radical (unpaired) electrons. The lowest BCUT2D eigenvalue weighted by molar-refractivity contribution is 0.148. The minimum absolute atomic E-state index is 0.0471. The van der Waals surface area contributed by atoms with Gasteiger partial charge >= 0.3 is 0 Å². The molecular formula is C12H16Cl2N2O3S.